The molecule has 1 aliphatic carbocycles. The lowest BCUT2D eigenvalue weighted by molar-refractivity contribution is -0.274. The number of nitrogens with zero attached hydrogens (tertiary/aromatic N) is 3. The van der Waals surface area contributed by atoms with Crippen LogP contribution < -0.4 is 20.7 Å². The zero-order valence-electron chi connectivity index (χ0n) is 17.3. The van der Waals surface area contributed by atoms with Gasteiger partial charge in [0.05, 0.1) is 0 Å². The van der Waals surface area contributed by atoms with Crippen LogP contribution in [-0.4, -0.2) is 28.9 Å². The Morgan fingerprint density at radius 3 is 2.50 bits per heavy atom. The molecule has 2 aliphatic rings. The molecule has 162 valence electrons. The molecule has 1 saturated heterocycles. The van der Waals surface area contributed by atoms with E-state index >= 15 is 0 Å². The Labute approximate surface area is 173 Å². The molecule has 0 amide bonds. The predicted octanol–water partition coefficient (Wildman–Crippen LogP) is 5.11. The van der Waals surface area contributed by atoms with Gasteiger partial charge in [0.1, 0.15) is 17.8 Å². The summed E-state index contributed by atoms with van der Waals surface area (Å²) in [5.74, 6) is 0.843. The lowest BCUT2D eigenvalue weighted by Gasteiger charge is -2.39. The Balaban J connectivity index is 1.54. The van der Waals surface area contributed by atoms with Gasteiger partial charge in [-0.05, 0) is 54.4 Å². The van der Waals surface area contributed by atoms with Gasteiger partial charge in [0.15, 0.2) is 11.6 Å². The molecule has 2 aromatic rings. The molecular formula is C21H26F3N5O. The van der Waals surface area contributed by atoms with Crippen molar-refractivity contribution in [1.82, 2.24) is 9.97 Å². The molecule has 3 N–H and O–H groups in total. The zero-order valence-corrected chi connectivity index (χ0v) is 17.3. The lowest BCUT2D eigenvalue weighted by atomic mass is 9.65. The molecule has 0 spiro atoms. The Hall–Kier alpha value is -2.71. The number of rotatable bonds is 4. The number of aromatic nitrogens is 2. The number of halogens is 3. The number of fused-ring (bicyclic) bond motifs is 2. The van der Waals surface area contributed by atoms with E-state index in [0.29, 0.717) is 29.1 Å². The molecule has 2 atom stereocenters. The first-order chi connectivity index (χ1) is 13.9. The Morgan fingerprint density at radius 1 is 1.13 bits per heavy atom. The maximum Gasteiger partial charge on any atom is 0.573 e. The van der Waals surface area contributed by atoms with Gasteiger partial charge in [0, 0.05) is 18.3 Å². The van der Waals surface area contributed by atoms with Gasteiger partial charge >= 0.3 is 6.36 Å². The SMILES string of the molecule is CC1(C)CC2CC(C)(CN2c2ncnc(Nc3ccc(OC(F)(F)F)cc3)c2N)C1. The van der Waals surface area contributed by atoms with Crippen molar-refractivity contribution in [2.45, 2.75) is 52.4 Å². The third-order valence-corrected chi connectivity index (χ3v) is 5.90. The molecule has 1 aromatic heterocycles. The largest absolute Gasteiger partial charge is 0.573 e. The fourth-order valence-electron chi connectivity index (χ4n) is 5.30. The van der Waals surface area contributed by atoms with E-state index in [9.17, 15) is 13.2 Å². The van der Waals surface area contributed by atoms with E-state index < -0.39 is 6.36 Å². The van der Waals surface area contributed by atoms with Crippen molar-refractivity contribution in [2.75, 3.05) is 22.5 Å². The summed E-state index contributed by atoms with van der Waals surface area (Å²) < 4.78 is 40.9. The number of nitrogen functional groups attached to an aromatic ring is 1. The minimum Gasteiger partial charge on any atom is -0.406 e. The van der Waals surface area contributed by atoms with E-state index in [1.165, 1.54) is 30.6 Å². The van der Waals surface area contributed by atoms with Crippen LogP contribution in [0, 0.1) is 10.8 Å². The highest BCUT2D eigenvalue weighted by Crippen LogP contribution is 2.54. The number of anilines is 4. The Kier molecular flexibility index (Phi) is 4.74. The standard InChI is InChI=1S/C21H26F3N5O/c1-19(2)8-14-9-20(3,10-19)11-29(14)18-16(25)17(26-12-27-18)28-13-4-6-15(7-5-13)30-21(22,23)24/h4-7,12,14H,8-11,25H2,1-3H3,(H,26,27,28). The van der Waals surface area contributed by atoms with Crippen LogP contribution in [0.25, 0.3) is 0 Å². The van der Waals surface area contributed by atoms with E-state index in [4.69, 9.17) is 5.73 Å². The van der Waals surface area contributed by atoms with Crippen LogP contribution >= 0.6 is 0 Å². The molecule has 4 rings (SSSR count). The smallest absolute Gasteiger partial charge is 0.406 e. The number of hydrogen-bond acceptors (Lipinski definition) is 6. The second kappa shape index (κ2) is 6.92. The molecule has 2 heterocycles. The summed E-state index contributed by atoms with van der Waals surface area (Å²) in [6, 6.07) is 5.81. The summed E-state index contributed by atoms with van der Waals surface area (Å²) in [6.07, 6.45) is 0.0963. The average molecular weight is 421 g/mol. The second-order valence-corrected chi connectivity index (χ2v) is 9.50. The number of nitrogens with two attached hydrogens (primary N) is 1. The third kappa shape index (κ3) is 4.24. The van der Waals surface area contributed by atoms with Gasteiger partial charge in [-0.1, -0.05) is 20.8 Å². The summed E-state index contributed by atoms with van der Waals surface area (Å²) in [5.41, 5.74) is 7.90. The van der Waals surface area contributed by atoms with Gasteiger partial charge in [0.25, 0.3) is 0 Å². The number of nitrogens with one attached hydrogen (secondary N) is 1. The van der Waals surface area contributed by atoms with Crippen LogP contribution in [0.15, 0.2) is 30.6 Å². The van der Waals surface area contributed by atoms with E-state index in [2.05, 4.69) is 45.7 Å². The highest BCUT2D eigenvalue weighted by atomic mass is 19.4. The molecule has 2 fully saturated rings. The third-order valence-electron chi connectivity index (χ3n) is 5.90. The van der Waals surface area contributed by atoms with E-state index in [1.54, 1.807) is 0 Å². The fourth-order valence-corrected chi connectivity index (χ4v) is 5.30. The minimum atomic E-state index is -4.72. The van der Waals surface area contributed by atoms with Crippen molar-refractivity contribution < 1.29 is 17.9 Å². The van der Waals surface area contributed by atoms with Gasteiger partial charge in [-0.25, -0.2) is 9.97 Å². The minimum absolute atomic E-state index is 0.228. The van der Waals surface area contributed by atoms with E-state index in [0.717, 1.165) is 25.8 Å². The maximum atomic E-state index is 12.3. The molecule has 6 nitrogen and oxygen atoms in total. The van der Waals surface area contributed by atoms with Gasteiger partial charge in [-0.15, -0.1) is 13.2 Å². The normalized spacial score (nSPS) is 25.3. The van der Waals surface area contributed by atoms with Gasteiger partial charge < -0.3 is 20.7 Å². The number of ether oxygens (including phenoxy) is 1. The summed E-state index contributed by atoms with van der Waals surface area (Å²) in [7, 11) is 0. The molecule has 1 saturated carbocycles. The Morgan fingerprint density at radius 2 is 1.83 bits per heavy atom. The first-order valence-electron chi connectivity index (χ1n) is 9.93. The summed E-state index contributed by atoms with van der Waals surface area (Å²) in [4.78, 5) is 11.0. The quantitative estimate of drug-likeness (QED) is 0.715. The van der Waals surface area contributed by atoms with Crippen LogP contribution in [0.2, 0.25) is 0 Å². The molecule has 2 unspecified atom stereocenters. The van der Waals surface area contributed by atoms with E-state index in [1.807, 2.05) is 0 Å². The van der Waals surface area contributed by atoms with Crippen molar-refractivity contribution in [3.8, 4) is 5.75 Å². The second-order valence-electron chi connectivity index (χ2n) is 9.50. The molecule has 1 aromatic carbocycles. The summed E-state index contributed by atoms with van der Waals surface area (Å²) in [5, 5.41) is 3.07. The first kappa shape index (κ1) is 20.6. The number of benzene rings is 1. The molecule has 9 heteroatoms. The monoisotopic (exact) mass is 421 g/mol. The van der Waals surface area contributed by atoms with Gasteiger partial charge in [0.2, 0.25) is 0 Å². The van der Waals surface area contributed by atoms with Crippen molar-refractivity contribution in [3.63, 3.8) is 0 Å². The fraction of sp³-hybridized carbons (Fsp3) is 0.524. The van der Waals surface area contributed by atoms with Crippen LogP contribution in [0.5, 0.6) is 5.75 Å². The lowest BCUT2D eigenvalue weighted by Crippen LogP contribution is -2.35. The summed E-state index contributed by atoms with van der Waals surface area (Å²) in [6.45, 7) is 7.83. The van der Waals surface area contributed by atoms with E-state index in [-0.39, 0.29) is 16.6 Å². The highest BCUT2D eigenvalue weighted by molar-refractivity contribution is 5.78. The van der Waals surface area contributed by atoms with Crippen LogP contribution in [0.1, 0.15) is 40.0 Å². The molecule has 1 aliphatic heterocycles. The topological polar surface area (TPSA) is 76.3 Å². The molecular weight excluding hydrogens is 395 g/mol. The van der Waals surface area contributed by atoms with Crippen molar-refractivity contribution in [1.29, 1.82) is 0 Å². The molecule has 2 bridgehead atoms. The maximum absolute atomic E-state index is 12.3. The van der Waals surface area contributed by atoms with Gasteiger partial charge in [-0.3, -0.25) is 0 Å². The van der Waals surface area contributed by atoms with Gasteiger partial charge in [-0.2, -0.15) is 0 Å². The molecule has 30 heavy (non-hydrogen) atoms. The first-order valence-corrected chi connectivity index (χ1v) is 9.93. The zero-order chi connectivity index (χ0) is 21.7. The van der Waals surface area contributed by atoms with Crippen molar-refractivity contribution >= 4 is 23.0 Å². The highest BCUT2D eigenvalue weighted by Gasteiger charge is 2.50. The summed E-state index contributed by atoms with van der Waals surface area (Å²) >= 11 is 0. The average Bonchev–Trinajstić information content (AvgIpc) is 2.86. The van der Waals surface area contributed by atoms with Crippen LogP contribution in [0.3, 0.4) is 0 Å². The van der Waals surface area contributed by atoms with Crippen LogP contribution in [-0.2, 0) is 0 Å². The van der Waals surface area contributed by atoms with Crippen LogP contribution in [0.4, 0.5) is 36.2 Å². The van der Waals surface area contributed by atoms with Crippen molar-refractivity contribution in [3.05, 3.63) is 30.6 Å². The predicted molar refractivity (Wildman–Crippen MR) is 110 cm³/mol. The van der Waals surface area contributed by atoms with Crippen molar-refractivity contribution in [2.24, 2.45) is 10.8 Å². The number of alkyl halides is 3. The number of hydrogen-bond donors (Lipinski definition) is 2. The molecule has 0 radical (unpaired) electrons. The Bertz CT molecular complexity index is 931.